The molecule has 1 amide bonds. The number of carbonyl (C=O) groups excluding carboxylic acids is 1. The van der Waals surface area contributed by atoms with Gasteiger partial charge in [0, 0.05) is 45.2 Å². The molecule has 0 radical (unpaired) electrons. The van der Waals surface area contributed by atoms with Gasteiger partial charge in [0.1, 0.15) is 12.7 Å². The van der Waals surface area contributed by atoms with Crippen molar-refractivity contribution < 1.29 is 4.79 Å². The summed E-state index contributed by atoms with van der Waals surface area (Å²) in [5.41, 5.74) is 0. The molecule has 1 aromatic rings. The number of aromatic nitrogens is 3. The van der Waals surface area contributed by atoms with Crippen LogP contribution in [0.3, 0.4) is 0 Å². The van der Waals surface area contributed by atoms with Gasteiger partial charge in [-0.2, -0.15) is 11.8 Å². The van der Waals surface area contributed by atoms with Crippen LogP contribution in [0.1, 0.15) is 25.7 Å². The summed E-state index contributed by atoms with van der Waals surface area (Å²) in [5.74, 6) is 2.85. The predicted octanol–water partition coefficient (Wildman–Crippen LogP) is 1.10. The maximum Gasteiger partial charge on any atom is 0.224 e. The molecule has 1 aromatic heterocycles. The van der Waals surface area contributed by atoms with Gasteiger partial charge in [0.25, 0.3) is 0 Å². The highest BCUT2D eigenvalue weighted by molar-refractivity contribution is 7.99. The van der Waals surface area contributed by atoms with Crippen molar-refractivity contribution in [3.63, 3.8) is 0 Å². The first-order chi connectivity index (χ1) is 10.8. The second kappa shape index (κ2) is 7.97. The second-order valence-electron chi connectivity index (χ2n) is 6.06. The quantitative estimate of drug-likeness (QED) is 0.830. The molecule has 0 N–H and O–H groups in total. The Kier molecular flexibility index (Phi) is 5.72. The molecule has 0 aromatic carbocycles. The minimum absolute atomic E-state index is 0.259. The predicted molar refractivity (Wildman–Crippen MR) is 87.8 cm³/mol. The fourth-order valence-electron chi connectivity index (χ4n) is 3.32. The third-order valence-electron chi connectivity index (χ3n) is 4.64. The molecule has 0 bridgehead atoms. The Morgan fingerprint density at radius 2 is 1.86 bits per heavy atom. The Labute approximate surface area is 136 Å². The number of carbonyl (C=O) groups is 1. The van der Waals surface area contributed by atoms with E-state index in [9.17, 15) is 4.79 Å². The van der Waals surface area contributed by atoms with Crippen molar-refractivity contribution in [1.82, 2.24) is 24.6 Å². The molecule has 2 aliphatic heterocycles. The van der Waals surface area contributed by atoms with Crippen LogP contribution in [0.15, 0.2) is 12.7 Å². The van der Waals surface area contributed by atoms with Crippen LogP contribution in [-0.2, 0) is 11.3 Å². The van der Waals surface area contributed by atoms with E-state index in [1.54, 1.807) is 12.7 Å². The number of thioether (sulfide) groups is 1. The molecule has 0 aliphatic carbocycles. The van der Waals surface area contributed by atoms with Crippen LogP contribution in [0.2, 0.25) is 0 Å². The van der Waals surface area contributed by atoms with Crippen molar-refractivity contribution in [2.45, 2.75) is 38.3 Å². The number of amides is 1. The Hall–Kier alpha value is -1.08. The van der Waals surface area contributed by atoms with Gasteiger partial charge >= 0.3 is 0 Å². The van der Waals surface area contributed by atoms with Crippen molar-refractivity contribution in [2.24, 2.45) is 0 Å². The molecule has 3 rings (SSSR count). The molecule has 2 saturated heterocycles. The molecule has 0 unspecified atom stereocenters. The summed E-state index contributed by atoms with van der Waals surface area (Å²) < 4.78 is 1.86. The molecule has 0 atom stereocenters. The van der Waals surface area contributed by atoms with E-state index in [-0.39, 0.29) is 5.91 Å². The van der Waals surface area contributed by atoms with Crippen molar-refractivity contribution in [3.8, 4) is 0 Å². The molecule has 0 spiro atoms. The summed E-state index contributed by atoms with van der Waals surface area (Å²) in [4.78, 5) is 17.0. The van der Waals surface area contributed by atoms with E-state index in [2.05, 4.69) is 26.9 Å². The molecule has 3 heterocycles. The molecule has 122 valence electrons. The zero-order valence-electron chi connectivity index (χ0n) is 13.1. The van der Waals surface area contributed by atoms with Crippen molar-refractivity contribution in [1.29, 1.82) is 0 Å². The van der Waals surface area contributed by atoms with Crippen molar-refractivity contribution >= 4 is 17.7 Å². The van der Waals surface area contributed by atoms with Crippen LogP contribution in [-0.4, -0.2) is 74.2 Å². The van der Waals surface area contributed by atoms with Gasteiger partial charge in [-0.3, -0.25) is 9.69 Å². The lowest BCUT2D eigenvalue weighted by Crippen LogP contribution is -2.41. The number of rotatable bonds is 4. The summed E-state index contributed by atoms with van der Waals surface area (Å²) in [7, 11) is 0. The Morgan fingerprint density at radius 3 is 2.64 bits per heavy atom. The zero-order valence-corrected chi connectivity index (χ0v) is 13.9. The minimum Gasteiger partial charge on any atom is -0.341 e. The van der Waals surface area contributed by atoms with Gasteiger partial charge in [-0.25, -0.2) is 0 Å². The molecule has 2 aliphatic rings. The highest BCUT2D eigenvalue weighted by atomic mass is 32.2. The third kappa shape index (κ3) is 4.23. The first-order valence-corrected chi connectivity index (χ1v) is 9.40. The average molecular weight is 323 g/mol. The van der Waals surface area contributed by atoms with Gasteiger partial charge in [0.2, 0.25) is 5.91 Å². The smallest absolute Gasteiger partial charge is 0.224 e. The highest BCUT2D eigenvalue weighted by Crippen LogP contribution is 2.22. The SMILES string of the molecule is O=C(CCn1cnnc1)N1CCCN(C2CCSCC2)CC1. The lowest BCUT2D eigenvalue weighted by atomic mass is 10.1. The minimum atomic E-state index is 0.259. The van der Waals surface area contributed by atoms with E-state index in [1.807, 2.05) is 9.47 Å². The van der Waals surface area contributed by atoms with Gasteiger partial charge in [0.05, 0.1) is 0 Å². The van der Waals surface area contributed by atoms with Crippen LogP contribution in [0, 0.1) is 0 Å². The van der Waals surface area contributed by atoms with E-state index >= 15 is 0 Å². The number of hydrogen-bond donors (Lipinski definition) is 0. The summed E-state index contributed by atoms with van der Waals surface area (Å²) in [6, 6.07) is 0.744. The van der Waals surface area contributed by atoms with E-state index in [4.69, 9.17) is 0 Å². The summed E-state index contributed by atoms with van der Waals surface area (Å²) >= 11 is 2.07. The van der Waals surface area contributed by atoms with Gasteiger partial charge < -0.3 is 9.47 Å². The van der Waals surface area contributed by atoms with Gasteiger partial charge in [-0.05, 0) is 30.8 Å². The fourth-order valence-corrected chi connectivity index (χ4v) is 4.40. The number of nitrogens with zero attached hydrogens (tertiary/aromatic N) is 5. The second-order valence-corrected chi connectivity index (χ2v) is 7.29. The molecular weight excluding hydrogens is 298 g/mol. The maximum absolute atomic E-state index is 12.4. The molecule has 22 heavy (non-hydrogen) atoms. The first-order valence-electron chi connectivity index (χ1n) is 8.25. The Balaban J connectivity index is 1.45. The Morgan fingerprint density at radius 1 is 1.09 bits per heavy atom. The van der Waals surface area contributed by atoms with Crippen molar-refractivity contribution in [3.05, 3.63) is 12.7 Å². The standard InChI is InChI=1S/C15H25N5OS/c21-15(2-7-18-12-16-17-13-18)20-6-1-5-19(8-9-20)14-3-10-22-11-4-14/h12-14H,1-11H2. The maximum atomic E-state index is 12.4. The summed E-state index contributed by atoms with van der Waals surface area (Å²) in [6.07, 6.45) is 7.59. The van der Waals surface area contributed by atoms with Crippen LogP contribution in [0.4, 0.5) is 0 Å². The van der Waals surface area contributed by atoms with Gasteiger partial charge in [-0.1, -0.05) is 0 Å². The average Bonchev–Trinajstić information content (AvgIpc) is 2.96. The summed E-state index contributed by atoms with van der Waals surface area (Å²) in [5, 5.41) is 7.54. The molecular formula is C15H25N5OS. The number of hydrogen-bond acceptors (Lipinski definition) is 5. The highest BCUT2D eigenvalue weighted by Gasteiger charge is 2.25. The van der Waals surface area contributed by atoms with Gasteiger partial charge in [0.15, 0.2) is 0 Å². The molecule has 7 heteroatoms. The van der Waals surface area contributed by atoms with Crippen LogP contribution in [0.5, 0.6) is 0 Å². The monoisotopic (exact) mass is 323 g/mol. The fraction of sp³-hybridized carbons (Fsp3) is 0.800. The lowest BCUT2D eigenvalue weighted by molar-refractivity contribution is -0.131. The van der Waals surface area contributed by atoms with Crippen molar-refractivity contribution in [2.75, 3.05) is 37.7 Å². The molecule has 0 saturated carbocycles. The topological polar surface area (TPSA) is 54.3 Å². The van der Waals surface area contributed by atoms with Crippen LogP contribution < -0.4 is 0 Å². The largest absolute Gasteiger partial charge is 0.341 e. The van der Waals surface area contributed by atoms with E-state index in [0.29, 0.717) is 13.0 Å². The summed E-state index contributed by atoms with van der Waals surface area (Å²) in [6.45, 7) is 4.63. The van der Waals surface area contributed by atoms with E-state index in [0.717, 1.165) is 38.6 Å². The molecule has 6 nitrogen and oxygen atoms in total. The third-order valence-corrected chi connectivity index (χ3v) is 5.69. The number of aryl methyl sites for hydroxylation is 1. The first kappa shape index (κ1) is 15.8. The van der Waals surface area contributed by atoms with E-state index in [1.165, 1.54) is 24.3 Å². The normalized spacial score (nSPS) is 21.7. The van der Waals surface area contributed by atoms with Crippen LogP contribution in [0.25, 0.3) is 0 Å². The van der Waals surface area contributed by atoms with E-state index < -0.39 is 0 Å². The molecule has 2 fully saturated rings. The lowest BCUT2D eigenvalue weighted by Gasteiger charge is -2.33. The zero-order chi connectivity index (χ0) is 15.2. The van der Waals surface area contributed by atoms with Gasteiger partial charge in [-0.15, -0.1) is 10.2 Å². The van der Waals surface area contributed by atoms with Crippen LogP contribution >= 0.6 is 11.8 Å². The Bertz CT molecular complexity index is 461.